The predicted molar refractivity (Wildman–Crippen MR) is 103 cm³/mol. The Morgan fingerprint density at radius 3 is 2.75 bits per heavy atom. The minimum absolute atomic E-state index is 0.318. The normalized spacial score (nSPS) is 41.7. The molecule has 0 aromatic heterocycles. The topological polar surface area (TPSA) is 20.2 Å². The lowest BCUT2D eigenvalue weighted by Gasteiger charge is -2.44. The standard InChI is InChI=1S/C23H36O/c1-5-16(2)20-12-13-21-19(7-6-14-23(20,21)4)11-10-18-9-8-17(3)22(24)15-18/h10-11,16,20-22,24H,3,5-9,12-15H2,1-2,4H3/b18-10-,19-11+/t16-,20?,21+,22-,23-/m1/s1. The fourth-order valence-electron chi connectivity index (χ4n) is 5.86. The molecule has 0 aromatic carbocycles. The Labute approximate surface area is 148 Å². The van der Waals surface area contributed by atoms with Gasteiger partial charge in [-0.05, 0) is 80.1 Å². The van der Waals surface area contributed by atoms with Gasteiger partial charge in [0.25, 0.3) is 0 Å². The highest BCUT2D eigenvalue weighted by atomic mass is 16.3. The summed E-state index contributed by atoms with van der Waals surface area (Å²) in [5.74, 6) is 2.56. The summed E-state index contributed by atoms with van der Waals surface area (Å²) < 4.78 is 0. The molecule has 0 heterocycles. The molecule has 3 aliphatic carbocycles. The van der Waals surface area contributed by atoms with Crippen LogP contribution >= 0.6 is 0 Å². The average Bonchev–Trinajstić information content (AvgIpc) is 2.92. The number of fused-ring (bicyclic) bond motifs is 1. The predicted octanol–water partition coefficient (Wildman–Crippen LogP) is 6.20. The quantitative estimate of drug-likeness (QED) is 0.611. The van der Waals surface area contributed by atoms with Crippen LogP contribution in [0.2, 0.25) is 0 Å². The first-order chi connectivity index (χ1) is 11.5. The van der Waals surface area contributed by atoms with Crippen molar-refractivity contribution in [1.82, 2.24) is 0 Å². The van der Waals surface area contributed by atoms with Crippen molar-refractivity contribution in [1.29, 1.82) is 0 Å². The van der Waals surface area contributed by atoms with E-state index in [1.54, 1.807) is 5.57 Å². The zero-order valence-electron chi connectivity index (χ0n) is 16.0. The van der Waals surface area contributed by atoms with E-state index < -0.39 is 0 Å². The van der Waals surface area contributed by atoms with Crippen LogP contribution in [-0.4, -0.2) is 11.2 Å². The van der Waals surface area contributed by atoms with Gasteiger partial charge in [0.05, 0.1) is 6.10 Å². The van der Waals surface area contributed by atoms with Gasteiger partial charge in [-0.25, -0.2) is 0 Å². The van der Waals surface area contributed by atoms with Gasteiger partial charge in [-0.1, -0.05) is 57.1 Å². The second-order valence-corrected chi connectivity index (χ2v) is 8.93. The molecule has 3 fully saturated rings. The molecule has 24 heavy (non-hydrogen) atoms. The van der Waals surface area contributed by atoms with Crippen molar-refractivity contribution in [2.24, 2.45) is 23.2 Å². The number of rotatable bonds is 3. The van der Waals surface area contributed by atoms with E-state index in [-0.39, 0.29) is 6.10 Å². The van der Waals surface area contributed by atoms with Gasteiger partial charge in [0.1, 0.15) is 0 Å². The molecule has 1 nitrogen and oxygen atoms in total. The van der Waals surface area contributed by atoms with Crippen molar-refractivity contribution in [3.05, 3.63) is 35.5 Å². The van der Waals surface area contributed by atoms with E-state index in [4.69, 9.17) is 0 Å². The fraction of sp³-hybridized carbons (Fsp3) is 0.739. The summed E-state index contributed by atoms with van der Waals surface area (Å²) in [5.41, 5.74) is 4.64. The molecule has 1 heteroatoms. The fourth-order valence-corrected chi connectivity index (χ4v) is 5.86. The highest BCUT2D eigenvalue weighted by molar-refractivity contribution is 5.28. The van der Waals surface area contributed by atoms with Crippen molar-refractivity contribution in [2.45, 2.75) is 84.7 Å². The summed E-state index contributed by atoms with van der Waals surface area (Å²) >= 11 is 0. The summed E-state index contributed by atoms with van der Waals surface area (Å²) in [7, 11) is 0. The van der Waals surface area contributed by atoms with E-state index in [1.807, 2.05) is 0 Å². The van der Waals surface area contributed by atoms with E-state index >= 15 is 0 Å². The number of aliphatic hydroxyl groups is 1. The number of hydrogen-bond donors (Lipinski definition) is 1. The first-order valence-corrected chi connectivity index (χ1v) is 10.2. The third-order valence-electron chi connectivity index (χ3n) is 7.60. The molecule has 0 saturated heterocycles. The van der Waals surface area contributed by atoms with Crippen LogP contribution in [0.3, 0.4) is 0 Å². The van der Waals surface area contributed by atoms with Gasteiger partial charge in [-0.3, -0.25) is 0 Å². The smallest absolute Gasteiger partial charge is 0.0784 e. The Bertz CT molecular complexity index is 540. The zero-order valence-corrected chi connectivity index (χ0v) is 16.0. The van der Waals surface area contributed by atoms with Crippen LogP contribution < -0.4 is 0 Å². The lowest BCUT2D eigenvalue weighted by atomic mass is 9.61. The van der Waals surface area contributed by atoms with E-state index in [0.717, 1.165) is 42.6 Å². The maximum atomic E-state index is 10.0. The highest BCUT2D eigenvalue weighted by Crippen LogP contribution is 2.59. The van der Waals surface area contributed by atoms with Crippen molar-refractivity contribution in [3.63, 3.8) is 0 Å². The molecule has 3 saturated carbocycles. The van der Waals surface area contributed by atoms with Crippen molar-refractivity contribution in [3.8, 4) is 0 Å². The Kier molecular flexibility index (Phi) is 5.39. The van der Waals surface area contributed by atoms with Crippen molar-refractivity contribution < 1.29 is 5.11 Å². The molecule has 0 aliphatic heterocycles. The van der Waals surface area contributed by atoms with Crippen molar-refractivity contribution in [2.75, 3.05) is 0 Å². The van der Waals surface area contributed by atoms with Crippen LogP contribution in [0.4, 0.5) is 0 Å². The zero-order chi connectivity index (χ0) is 17.3. The average molecular weight is 329 g/mol. The van der Waals surface area contributed by atoms with E-state index in [9.17, 15) is 5.11 Å². The number of hydrogen-bond acceptors (Lipinski definition) is 1. The minimum atomic E-state index is -0.318. The molecule has 0 spiro atoms. The van der Waals surface area contributed by atoms with Crippen LogP contribution in [0.5, 0.6) is 0 Å². The van der Waals surface area contributed by atoms with Gasteiger partial charge in [-0.15, -0.1) is 0 Å². The largest absolute Gasteiger partial charge is 0.388 e. The Morgan fingerprint density at radius 1 is 1.25 bits per heavy atom. The first kappa shape index (κ1) is 18.0. The summed E-state index contributed by atoms with van der Waals surface area (Å²) in [6, 6.07) is 0. The second kappa shape index (κ2) is 7.20. The molecule has 0 bridgehead atoms. The van der Waals surface area contributed by atoms with Gasteiger partial charge in [-0.2, -0.15) is 0 Å². The third kappa shape index (κ3) is 3.29. The molecule has 134 valence electrons. The van der Waals surface area contributed by atoms with Crippen LogP contribution in [0, 0.1) is 23.2 Å². The Hall–Kier alpha value is -0.820. The highest BCUT2D eigenvalue weighted by Gasteiger charge is 2.50. The molecule has 5 atom stereocenters. The van der Waals surface area contributed by atoms with Gasteiger partial charge in [0.2, 0.25) is 0 Å². The Balaban J connectivity index is 1.76. The van der Waals surface area contributed by atoms with Crippen LogP contribution in [0.1, 0.15) is 78.6 Å². The van der Waals surface area contributed by atoms with Gasteiger partial charge in [0.15, 0.2) is 0 Å². The number of allylic oxidation sites excluding steroid dienone is 3. The van der Waals surface area contributed by atoms with Crippen LogP contribution in [0.15, 0.2) is 35.5 Å². The summed E-state index contributed by atoms with van der Waals surface area (Å²) in [4.78, 5) is 0. The van der Waals surface area contributed by atoms with E-state index in [0.29, 0.717) is 5.41 Å². The van der Waals surface area contributed by atoms with Gasteiger partial charge >= 0.3 is 0 Å². The first-order valence-electron chi connectivity index (χ1n) is 10.2. The van der Waals surface area contributed by atoms with Crippen molar-refractivity contribution >= 4 is 0 Å². The molecule has 0 amide bonds. The number of aliphatic hydroxyl groups excluding tert-OH is 1. The van der Waals surface area contributed by atoms with E-state index in [2.05, 4.69) is 39.5 Å². The third-order valence-corrected chi connectivity index (χ3v) is 7.60. The van der Waals surface area contributed by atoms with Gasteiger partial charge in [0, 0.05) is 0 Å². The summed E-state index contributed by atoms with van der Waals surface area (Å²) in [6.45, 7) is 11.4. The second-order valence-electron chi connectivity index (χ2n) is 8.93. The molecule has 0 aromatic rings. The lowest BCUT2D eigenvalue weighted by Crippen LogP contribution is -2.35. The monoisotopic (exact) mass is 328 g/mol. The molecular weight excluding hydrogens is 292 g/mol. The SMILES string of the molecule is C=C1CC/C(=C/C=C2\CCC[C@]3(C)C([C@H](C)CC)CC[C@@H]23)C[C@H]1O. The Morgan fingerprint density at radius 2 is 2.04 bits per heavy atom. The molecule has 3 rings (SSSR count). The summed E-state index contributed by atoms with van der Waals surface area (Å²) in [6.07, 6.45) is 15.5. The van der Waals surface area contributed by atoms with Crippen LogP contribution in [-0.2, 0) is 0 Å². The maximum Gasteiger partial charge on any atom is 0.0784 e. The molecule has 0 radical (unpaired) electrons. The molecule has 1 unspecified atom stereocenters. The van der Waals surface area contributed by atoms with Gasteiger partial charge < -0.3 is 5.11 Å². The molecule has 1 N–H and O–H groups in total. The lowest BCUT2D eigenvalue weighted by molar-refractivity contribution is 0.0961. The van der Waals surface area contributed by atoms with Crippen LogP contribution in [0.25, 0.3) is 0 Å². The molecular formula is C23H36O. The maximum absolute atomic E-state index is 10.0. The molecule has 3 aliphatic rings. The minimum Gasteiger partial charge on any atom is -0.388 e. The van der Waals surface area contributed by atoms with E-state index in [1.165, 1.54) is 44.1 Å². The summed E-state index contributed by atoms with van der Waals surface area (Å²) in [5, 5.41) is 10.0.